The van der Waals surface area contributed by atoms with Crippen LogP contribution in [0, 0.1) is 0 Å². The summed E-state index contributed by atoms with van der Waals surface area (Å²) in [6.07, 6.45) is 3.45. The Labute approximate surface area is 234 Å². The molecule has 12 heteroatoms. The number of fused-ring (bicyclic) bond motifs is 1. The third kappa shape index (κ3) is 6.75. The minimum atomic E-state index is -3.71. The van der Waals surface area contributed by atoms with Crippen LogP contribution in [-0.4, -0.2) is 75.5 Å². The second-order valence-corrected chi connectivity index (χ2v) is 12.5. The molecule has 3 heterocycles. The van der Waals surface area contributed by atoms with E-state index in [0.29, 0.717) is 29.3 Å². The van der Waals surface area contributed by atoms with Crippen LogP contribution in [0.2, 0.25) is 0 Å². The number of nitrogens with one attached hydrogen (secondary N) is 1. The smallest absolute Gasteiger partial charge is 0.341 e. The Morgan fingerprint density at radius 3 is 2.61 bits per heavy atom. The predicted octanol–water partition coefficient (Wildman–Crippen LogP) is 4.17. The van der Waals surface area contributed by atoms with E-state index in [1.807, 2.05) is 0 Å². The molecule has 2 aromatic rings. The van der Waals surface area contributed by atoms with Crippen molar-refractivity contribution in [3.05, 3.63) is 45.8 Å². The molecule has 1 N–H and O–H groups in total. The van der Waals surface area contributed by atoms with Gasteiger partial charge in [-0.3, -0.25) is 9.69 Å². The second-order valence-electron chi connectivity index (χ2n) is 9.35. The lowest BCUT2D eigenvalue weighted by Gasteiger charge is -2.26. The molecule has 0 spiro atoms. The number of esters is 1. The monoisotopic (exact) mass is 585 g/mol. The Morgan fingerprint density at radius 1 is 1.24 bits per heavy atom. The first kappa shape index (κ1) is 30.5. The van der Waals surface area contributed by atoms with Crippen molar-refractivity contribution < 1.29 is 27.5 Å². The van der Waals surface area contributed by atoms with Gasteiger partial charge in [-0.15, -0.1) is 23.7 Å². The Bertz CT molecular complexity index is 1230. The first-order valence-corrected chi connectivity index (χ1v) is 15.0. The van der Waals surface area contributed by atoms with Crippen LogP contribution in [-0.2, 0) is 32.5 Å². The van der Waals surface area contributed by atoms with Crippen molar-refractivity contribution in [2.24, 2.45) is 0 Å². The van der Waals surface area contributed by atoms with Crippen LogP contribution < -0.4 is 5.32 Å². The van der Waals surface area contributed by atoms with Crippen molar-refractivity contribution in [2.75, 3.05) is 45.2 Å². The average Bonchev–Trinajstić information content (AvgIpc) is 3.51. The van der Waals surface area contributed by atoms with Gasteiger partial charge in [0.1, 0.15) is 5.00 Å². The third-order valence-corrected chi connectivity index (χ3v) is 9.66. The number of hydrogen-bond acceptors (Lipinski definition) is 8. The van der Waals surface area contributed by atoms with Crippen LogP contribution >= 0.6 is 23.7 Å². The van der Waals surface area contributed by atoms with Gasteiger partial charge in [-0.2, -0.15) is 4.31 Å². The van der Waals surface area contributed by atoms with E-state index in [1.165, 1.54) is 47.0 Å². The molecule has 0 aliphatic carbocycles. The Kier molecular flexibility index (Phi) is 10.7. The van der Waals surface area contributed by atoms with Gasteiger partial charge in [-0.1, -0.05) is 6.92 Å². The fourth-order valence-electron chi connectivity index (χ4n) is 4.78. The quantitative estimate of drug-likeness (QED) is 0.417. The molecule has 1 fully saturated rings. The minimum Gasteiger partial charge on any atom is -0.462 e. The van der Waals surface area contributed by atoms with Gasteiger partial charge in [-0.25, -0.2) is 13.2 Å². The molecule has 1 atom stereocenters. The summed E-state index contributed by atoms with van der Waals surface area (Å²) >= 11 is 1.41. The fourth-order valence-corrected chi connectivity index (χ4v) is 7.25. The van der Waals surface area contributed by atoms with E-state index < -0.39 is 21.9 Å². The van der Waals surface area contributed by atoms with Crippen molar-refractivity contribution in [3.63, 3.8) is 0 Å². The summed E-state index contributed by atoms with van der Waals surface area (Å²) in [7, 11) is -2.17. The lowest BCUT2D eigenvalue weighted by molar-refractivity contribution is 0.0526. The van der Waals surface area contributed by atoms with Crippen molar-refractivity contribution >= 4 is 50.6 Å². The maximum atomic E-state index is 13.1. The Hall–Kier alpha value is -2.02. The molecular formula is C26H36ClN3O6S2. The molecule has 0 bridgehead atoms. The van der Waals surface area contributed by atoms with E-state index in [9.17, 15) is 18.0 Å². The molecule has 1 unspecified atom stereocenters. The number of thiophene rings is 1. The van der Waals surface area contributed by atoms with Crippen LogP contribution in [0.1, 0.15) is 64.3 Å². The highest BCUT2D eigenvalue weighted by atomic mass is 35.5. The molecule has 1 saturated heterocycles. The second kappa shape index (κ2) is 13.4. The summed E-state index contributed by atoms with van der Waals surface area (Å²) in [5.41, 5.74) is 1.68. The SMILES string of the molecule is CCCN1CCc2c(sc(NC(=O)c3ccc(S(=O)(=O)N(C)CC4CCCO4)cc3)c2C(=O)OCC)C1.Cl. The molecule has 38 heavy (non-hydrogen) atoms. The number of hydrogen-bond donors (Lipinski definition) is 1. The number of anilines is 1. The number of carbonyl (C=O) groups is 2. The number of sulfonamides is 1. The molecule has 0 radical (unpaired) electrons. The summed E-state index contributed by atoms with van der Waals surface area (Å²) in [5, 5.41) is 3.36. The van der Waals surface area contributed by atoms with Gasteiger partial charge in [0.2, 0.25) is 10.0 Å². The molecule has 4 rings (SSSR count). The van der Waals surface area contributed by atoms with E-state index in [-0.39, 0.29) is 30.0 Å². The van der Waals surface area contributed by atoms with Crippen LogP contribution in [0.5, 0.6) is 0 Å². The van der Waals surface area contributed by atoms with Crippen LogP contribution in [0.4, 0.5) is 5.00 Å². The number of likely N-dealkylation sites (N-methyl/N-ethyl adjacent to an activating group) is 1. The van der Waals surface area contributed by atoms with Gasteiger partial charge in [0.15, 0.2) is 0 Å². The molecule has 2 aliphatic rings. The number of rotatable bonds is 10. The summed E-state index contributed by atoms with van der Waals surface area (Å²) in [6, 6.07) is 5.85. The van der Waals surface area contributed by atoms with E-state index in [4.69, 9.17) is 9.47 Å². The van der Waals surface area contributed by atoms with Crippen molar-refractivity contribution in [1.82, 2.24) is 9.21 Å². The molecule has 9 nitrogen and oxygen atoms in total. The zero-order valence-corrected chi connectivity index (χ0v) is 24.5. The lowest BCUT2D eigenvalue weighted by Crippen LogP contribution is -2.34. The van der Waals surface area contributed by atoms with Gasteiger partial charge in [0.25, 0.3) is 5.91 Å². The maximum absolute atomic E-state index is 13.1. The lowest BCUT2D eigenvalue weighted by atomic mass is 10.0. The molecule has 210 valence electrons. The van der Waals surface area contributed by atoms with E-state index >= 15 is 0 Å². The molecular weight excluding hydrogens is 550 g/mol. The van der Waals surface area contributed by atoms with Gasteiger partial charge >= 0.3 is 5.97 Å². The highest BCUT2D eigenvalue weighted by Crippen LogP contribution is 2.38. The summed E-state index contributed by atoms with van der Waals surface area (Å²) in [5.74, 6) is -0.846. The highest BCUT2D eigenvalue weighted by molar-refractivity contribution is 7.89. The normalized spacial score (nSPS) is 17.6. The standard InChI is InChI=1S/C26H35N3O6S2.ClH/c1-4-13-29-14-12-21-22(17-29)36-25(23(21)26(31)34-5-2)27-24(30)18-8-10-20(11-9-18)37(32,33)28(3)16-19-7-6-15-35-19;/h8-11,19H,4-7,12-17H2,1-3H3,(H,27,30);1H. The zero-order valence-electron chi connectivity index (χ0n) is 22.0. The number of nitrogens with zero attached hydrogens (tertiary/aromatic N) is 2. The Balaban J connectivity index is 0.00000400. The van der Waals surface area contributed by atoms with Gasteiger partial charge in [-0.05, 0) is 69.0 Å². The molecule has 0 saturated carbocycles. The van der Waals surface area contributed by atoms with Crippen molar-refractivity contribution in [2.45, 2.75) is 57.1 Å². The first-order chi connectivity index (χ1) is 17.7. The number of benzene rings is 1. The van der Waals surface area contributed by atoms with Crippen LogP contribution in [0.15, 0.2) is 29.2 Å². The minimum absolute atomic E-state index is 0. The number of halogens is 1. The first-order valence-electron chi connectivity index (χ1n) is 12.8. The number of carbonyl (C=O) groups excluding carboxylic acids is 2. The average molecular weight is 586 g/mol. The van der Waals surface area contributed by atoms with Gasteiger partial charge in [0.05, 0.1) is 23.2 Å². The predicted molar refractivity (Wildman–Crippen MR) is 150 cm³/mol. The molecule has 1 amide bonds. The topological polar surface area (TPSA) is 105 Å². The van der Waals surface area contributed by atoms with Gasteiger partial charge < -0.3 is 14.8 Å². The van der Waals surface area contributed by atoms with E-state index in [0.717, 1.165) is 55.8 Å². The molecule has 2 aliphatic heterocycles. The van der Waals surface area contributed by atoms with Crippen molar-refractivity contribution in [3.8, 4) is 0 Å². The number of amides is 1. The third-order valence-electron chi connectivity index (χ3n) is 6.69. The summed E-state index contributed by atoms with van der Waals surface area (Å²) < 4.78 is 38.1. The van der Waals surface area contributed by atoms with Gasteiger partial charge in [0, 0.05) is 43.7 Å². The van der Waals surface area contributed by atoms with E-state index in [2.05, 4.69) is 17.1 Å². The molecule has 1 aromatic heterocycles. The Morgan fingerprint density at radius 2 is 1.97 bits per heavy atom. The van der Waals surface area contributed by atoms with Crippen molar-refractivity contribution in [1.29, 1.82) is 0 Å². The van der Waals surface area contributed by atoms with Crippen LogP contribution in [0.3, 0.4) is 0 Å². The zero-order chi connectivity index (χ0) is 26.6. The molecule has 1 aromatic carbocycles. The largest absolute Gasteiger partial charge is 0.462 e. The summed E-state index contributed by atoms with van der Waals surface area (Å²) in [6.45, 7) is 7.66. The van der Waals surface area contributed by atoms with Crippen LogP contribution in [0.25, 0.3) is 0 Å². The number of ether oxygens (including phenoxy) is 2. The highest BCUT2D eigenvalue weighted by Gasteiger charge is 2.30. The fraction of sp³-hybridized carbons (Fsp3) is 0.538. The maximum Gasteiger partial charge on any atom is 0.341 e. The summed E-state index contributed by atoms with van der Waals surface area (Å²) in [4.78, 5) is 29.4. The van der Waals surface area contributed by atoms with E-state index in [1.54, 1.807) is 6.92 Å².